The Balaban J connectivity index is 2.71. The van der Waals surface area contributed by atoms with Gasteiger partial charge in [0.1, 0.15) is 0 Å². The first-order valence-corrected chi connectivity index (χ1v) is 8.50. The zero-order valence-electron chi connectivity index (χ0n) is 6.18. The van der Waals surface area contributed by atoms with Gasteiger partial charge in [0.15, 0.2) is 0 Å². The fourth-order valence-electron chi connectivity index (χ4n) is 0.755. The molecule has 0 aromatic heterocycles. The molecule has 64 valence electrons. The molecule has 4 heteroatoms. The van der Waals surface area contributed by atoms with Gasteiger partial charge in [0.25, 0.3) is 0 Å². The van der Waals surface area contributed by atoms with Crippen LogP contribution in [0.1, 0.15) is 5.56 Å². The first-order valence-electron chi connectivity index (χ1n) is 3.39. The second-order valence-corrected chi connectivity index (χ2v) is 10.8. The highest BCUT2D eigenvalue weighted by molar-refractivity contribution is 7.66. The maximum atomic E-state index is 5.67. The summed E-state index contributed by atoms with van der Waals surface area (Å²) in [6.07, 6.45) is 1.83. The first-order chi connectivity index (χ1) is 5.58. The second-order valence-electron chi connectivity index (χ2n) is 2.29. The fraction of sp³-hybridized carbons (Fsp3) is 0. The van der Waals surface area contributed by atoms with Crippen LogP contribution in [-0.2, 0) is 0 Å². The quantitative estimate of drug-likeness (QED) is 0.541. The minimum absolute atomic E-state index is 1.05. The van der Waals surface area contributed by atoms with Crippen LogP contribution >= 0.6 is 33.2 Å². The maximum Gasteiger partial charge on any atom is 0.365 e. The molecule has 0 nitrogen and oxygen atoms in total. The van der Waals surface area contributed by atoms with E-state index in [0.717, 1.165) is 5.56 Å². The van der Waals surface area contributed by atoms with Gasteiger partial charge in [-0.15, -0.1) is 33.2 Å². The SMILES string of the molecule is Cl[Si](Cl)(Cl)C=Cc1ccccc1. The van der Waals surface area contributed by atoms with Crippen LogP contribution in [0.2, 0.25) is 0 Å². The summed E-state index contributed by atoms with van der Waals surface area (Å²) in [6.45, 7) is 0. The highest BCUT2D eigenvalue weighted by Crippen LogP contribution is 2.22. The number of hydrogen-bond acceptors (Lipinski definition) is 0. The lowest BCUT2D eigenvalue weighted by atomic mass is 10.2. The van der Waals surface area contributed by atoms with Crippen LogP contribution < -0.4 is 0 Å². The number of benzene rings is 1. The van der Waals surface area contributed by atoms with Crippen molar-refractivity contribution in [2.75, 3.05) is 0 Å². The van der Waals surface area contributed by atoms with Gasteiger partial charge < -0.3 is 0 Å². The zero-order valence-corrected chi connectivity index (χ0v) is 9.44. The summed E-state index contributed by atoms with van der Waals surface area (Å²) in [5.41, 5.74) is 2.71. The van der Waals surface area contributed by atoms with Crippen LogP contribution in [0.15, 0.2) is 36.0 Å². The molecule has 1 aromatic rings. The molecule has 0 amide bonds. The largest absolute Gasteiger partial charge is 0.365 e. The molecule has 0 aliphatic rings. The van der Waals surface area contributed by atoms with Crippen molar-refractivity contribution in [3.8, 4) is 0 Å². The number of rotatable bonds is 2. The lowest BCUT2D eigenvalue weighted by Crippen LogP contribution is -2.02. The normalized spacial score (nSPS) is 12.2. The van der Waals surface area contributed by atoms with Gasteiger partial charge in [0, 0.05) is 0 Å². The van der Waals surface area contributed by atoms with Crippen LogP contribution in [0.25, 0.3) is 6.08 Å². The molecule has 12 heavy (non-hydrogen) atoms. The molecular formula is C8H7Cl3Si. The predicted molar refractivity (Wildman–Crippen MR) is 58.8 cm³/mol. The topological polar surface area (TPSA) is 0 Å². The minimum Gasteiger partial charge on any atom is -0.121 e. The third-order valence-corrected chi connectivity index (χ3v) is 2.94. The molecule has 0 bridgehead atoms. The molecular weight excluding hydrogens is 231 g/mol. The molecule has 0 saturated carbocycles. The average molecular weight is 238 g/mol. The van der Waals surface area contributed by atoms with E-state index in [1.165, 1.54) is 0 Å². The summed E-state index contributed by atoms with van der Waals surface area (Å²) < 4.78 is 0. The minimum atomic E-state index is -2.60. The van der Waals surface area contributed by atoms with E-state index < -0.39 is 6.00 Å². The van der Waals surface area contributed by atoms with Gasteiger partial charge >= 0.3 is 6.00 Å². The van der Waals surface area contributed by atoms with Crippen molar-refractivity contribution in [3.05, 3.63) is 41.6 Å². The van der Waals surface area contributed by atoms with Gasteiger partial charge in [0.2, 0.25) is 0 Å². The molecule has 0 heterocycles. The highest BCUT2D eigenvalue weighted by atomic mass is 35.8. The second kappa shape index (κ2) is 4.33. The van der Waals surface area contributed by atoms with E-state index in [1.54, 1.807) is 5.70 Å². The van der Waals surface area contributed by atoms with Crippen molar-refractivity contribution in [3.63, 3.8) is 0 Å². The van der Waals surface area contributed by atoms with E-state index >= 15 is 0 Å². The molecule has 0 atom stereocenters. The summed E-state index contributed by atoms with van der Waals surface area (Å²) in [7, 11) is 0. The maximum absolute atomic E-state index is 5.67. The van der Waals surface area contributed by atoms with E-state index in [0.29, 0.717) is 0 Å². The van der Waals surface area contributed by atoms with Gasteiger partial charge in [-0.1, -0.05) is 42.1 Å². The van der Waals surface area contributed by atoms with Crippen LogP contribution in [0.3, 0.4) is 0 Å². The first kappa shape index (κ1) is 10.1. The van der Waals surface area contributed by atoms with Gasteiger partial charge in [-0.25, -0.2) is 0 Å². The van der Waals surface area contributed by atoms with E-state index in [9.17, 15) is 0 Å². The molecule has 0 saturated heterocycles. The van der Waals surface area contributed by atoms with Crippen molar-refractivity contribution in [1.82, 2.24) is 0 Å². The Bertz CT molecular complexity index is 263. The molecule has 0 aliphatic heterocycles. The third kappa shape index (κ3) is 4.17. The Labute approximate surface area is 86.9 Å². The summed E-state index contributed by atoms with van der Waals surface area (Å²) in [6, 6.07) is 7.15. The zero-order chi connectivity index (χ0) is 9.03. The van der Waals surface area contributed by atoms with Crippen molar-refractivity contribution in [2.24, 2.45) is 0 Å². The molecule has 0 unspecified atom stereocenters. The van der Waals surface area contributed by atoms with Crippen LogP contribution in [0, 0.1) is 0 Å². The summed E-state index contributed by atoms with van der Waals surface area (Å²) in [5, 5.41) is 0. The number of hydrogen-bond donors (Lipinski definition) is 0. The predicted octanol–water partition coefficient (Wildman–Crippen LogP) is 3.89. The van der Waals surface area contributed by atoms with Gasteiger partial charge in [0.05, 0.1) is 0 Å². The van der Waals surface area contributed by atoms with E-state index in [2.05, 4.69) is 0 Å². The lowest BCUT2D eigenvalue weighted by molar-refractivity contribution is 1.66. The molecule has 0 fully saturated rings. The number of halogens is 3. The van der Waals surface area contributed by atoms with Crippen molar-refractivity contribution in [1.29, 1.82) is 0 Å². The smallest absolute Gasteiger partial charge is 0.121 e. The highest BCUT2D eigenvalue weighted by Gasteiger charge is 2.19. The molecule has 0 spiro atoms. The standard InChI is InChI=1S/C8H7Cl3Si/c9-12(10,11)7-6-8-4-2-1-3-5-8/h1-7H. The van der Waals surface area contributed by atoms with Crippen molar-refractivity contribution in [2.45, 2.75) is 0 Å². The molecule has 1 aromatic carbocycles. The third-order valence-electron chi connectivity index (χ3n) is 1.26. The lowest BCUT2D eigenvalue weighted by Gasteiger charge is -1.98. The van der Waals surface area contributed by atoms with Gasteiger partial charge in [-0.3, -0.25) is 0 Å². The Morgan fingerprint density at radius 1 is 1.00 bits per heavy atom. The molecule has 0 aliphatic carbocycles. The van der Waals surface area contributed by atoms with E-state index in [-0.39, 0.29) is 0 Å². The Morgan fingerprint density at radius 3 is 2.08 bits per heavy atom. The molecule has 1 rings (SSSR count). The molecule has 0 N–H and O–H groups in total. The van der Waals surface area contributed by atoms with Crippen LogP contribution in [-0.4, -0.2) is 6.00 Å². The molecule has 0 radical (unpaired) electrons. The fourth-order valence-corrected chi connectivity index (χ4v) is 1.70. The summed E-state index contributed by atoms with van der Waals surface area (Å²) in [5.74, 6) is 0. The van der Waals surface area contributed by atoms with E-state index in [1.807, 2.05) is 36.4 Å². The van der Waals surface area contributed by atoms with Crippen molar-refractivity contribution >= 4 is 45.3 Å². The van der Waals surface area contributed by atoms with Crippen LogP contribution in [0.4, 0.5) is 0 Å². The van der Waals surface area contributed by atoms with E-state index in [4.69, 9.17) is 33.2 Å². The monoisotopic (exact) mass is 236 g/mol. The van der Waals surface area contributed by atoms with Crippen LogP contribution in [0.5, 0.6) is 0 Å². The van der Waals surface area contributed by atoms with Crippen molar-refractivity contribution < 1.29 is 0 Å². The van der Waals surface area contributed by atoms with Gasteiger partial charge in [-0.2, -0.15) is 0 Å². The Morgan fingerprint density at radius 2 is 1.58 bits per heavy atom. The van der Waals surface area contributed by atoms with Gasteiger partial charge in [-0.05, 0) is 5.56 Å². The summed E-state index contributed by atoms with van der Waals surface area (Å²) >= 11 is 17.0. The Hall–Kier alpha value is 0.0469. The summed E-state index contributed by atoms with van der Waals surface area (Å²) in [4.78, 5) is 0. The average Bonchev–Trinajstić information content (AvgIpc) is 2.02. The Kier molecular flexibility index (Phi) is 3.66.